The summed E-state index contributed by atoms with van der Waals surface area (Å²) in [4.78, 5) is 4.23. The van der Waals surface area contributed by atoms with Crippen LogP contribution in [0.15, 0.2) is 46.8 Å². The van der Waals surface area contributed by atoms with E-state index in [0.717, 1.165) is 0 Å². The SMILES string of the molecule is C=CCS(=O)(=O)c1ccc(N=C(N)CCl)cc1. The van der Waals surface area contributed by atoms with Crippen LogP contribution in [-0.2, 0) is 9.84 Å². The molecule has 6 heteroatoms. The van der Waals surface area contributed by atoms with Crippen LogP contribution in [0.25, 0.3) is 0 Å². The number of halogens is 1. The fourth-order valence-corrected chi connectivity index (χ4v) is 2.29. The molecule has 0 aliphatic rings. The lowest BCUT2D eigenvalue weighted by Gasteiger charge is -2.02. The van der Waals surface area contributed by atoms with Crippen molar-refractivity contribution in [3.8, 4) is 0 Å². The molecule has 2 N–H and O–H groups in total. The Morgan fingerprint density at radius 2 is 2.00 bits per heavy atom. The third kappa shape index (κ3) is 3.87. The second kappa shape index (κ2) is 5.84. The van der Waals surface area contributed by atoms with Gasteiger partial charge in [-0.3, -0.25) is 0 Å². The fraction of sp³-hybridized carbons (Fsp3) is 0.182. The third-order valence-electron chi connectivity index (χ3n) is 1.94. The number of hydrogen-bond acceptors (Lipinski definition) is 3. The zero-order valence-electron chi connectivity index (χ0n) is 9.14. The Bertz CT molecular complexity index is 521. The van der Waals surface area contributed by atoms with E-state index in [0.29, 0.717) is 5.69 Å². The first-order valence-corrected chi connectivity index (χ1v) is 7.01. The maximum atomic E-state index is 11.7. The van der Waals surface area contributed by atoms with Crippen molar-refractivity contribution in [1.82, 2.24) is 0 Å². The molecule has 0 aliphatic heterocycles. The van der Waals surface area contributed by atoms with Gasteiger partial charge in [-0.15, -0.1) is 18.2 Å². The maximum Gasteiger partial charge on any atom is 0.181 e. The number of nitrogens with zero attached hydrogens (tertiary/aromatic N) is 1. The van der Waals surface area contributed by atoms with Crippen molar-refractivity contribution in [3.05, 3.63) is 36.9 Å². The predicted molar refractivity (Wildman–Crippen MR) is 70.7 cm³/mol. The minimum absolute atomic E-state index is 0.0839. The summed E-state index contributed by atoms with van der Waals surface area (Å²) in [5, 5.41) is 0. The van der Waals surface area contributed by atoms with E-state index in [1.54, 1.807) is 12.1 Å². The smallest absolute Gasteiger partial charge is 0.181 e. The Labute approximate surface area is 106 Å². The monoisotopic (exact) mass is 272 g/mol. The van der Waals surface area contributed by atoms with Gasteiger partial charge < -0.3 is 5.73 Å². The van der Waals surface area contributed by atoms with Gasteiger partial charge in [0.05, 0.1) is 22.2 Å². The van der Waals surface area contributed by atoms with Gasteiger partial charge in [0.25, 0.3) is 0 Å². The Morgan fingerprint density at radius 1 is 1.41 bits per heavy atom. The summed E-state index contributed by atoms with van der Waals surface area (Å²) < 4.78 is 23.3. The van der Waals surface area contributed by atoms with Gasteiger partial charge in [0.2, 0.25) is 0 Å². The first-order valence-electron chi connectivity index (χ1n) is 4.82. The summed E-state index contributed by atoms with van der Waals surface area (Å²) >= 11 is 5.48. The average Bonchev–Trinajstić information content (AvgIpc) is 2.29. The second-order valence-electron chi connectivity index (χ2n) is 3.30. The topological polar surface area (TPSA) is 72.5 Å². The van der Waals surface area contributed by atoms with E-state index < -0.39 is 9.84 Å². The zero-order valence-corrected chi connectivity index (χ0v) is 10.7. The van der Waals surface area contributed by atoms with Crippen molar-refractivity contribution in [3.63, 3.8) is 0 Å². The summed E-state index contributed by atoms with van der Waals surface area (Å²) in [7, 11) is -3.28. The van der Waals surface area contributed by atoms with Crippen LogP contribution in [0.1, 0.15) is 0 Å². The molecule has 0 aromatic heterocycles. The van der Waals surface area contributed by atoms with Crippen molar-refractivity contribution in [1.29, 1.82) is 0 Å². The van der Waals surface area contributed by atoms with Crippen LogP contribution in [0.5, 0.6) is 0 Å². The Hall–Kier alpha value is -1.33. The minimum Gasteiger partial charge on any atom is -0.386 e. The highest BCUT2D eigenvalue weighted by atomic mass is 35.5. The molecule has 4 nitrogen and oxygen atoms in total. The lowest BCUT2D eigenvalue weighted by molar-refractivity contribution is 0.599. The number of amidine groups is 1. The molecule has 1 rings (SSSR count). The number of hydrogen-bond donors (Lipinski definition) is 1. The number of benzene rings is 1. The van der Waals surface area contributed by atoms with Gasteiger partial charge in [-0.05, 0) is 24.3 Å². The van der Waals surface area contributed by atoms with E-state index in [4.69, 9.17) is 17.3 Å². The highest BCUT2D eigenvalue weighted by Gasteiger charge is 2.11. The molecule has 0 fully saturated rings. The van der Waals surface area contributed by atoms with Gasteiger partial charge in [-0.2, -0.15) is 0 Å². The summed E-state index contributed by atoms with van der Waals surface area (Å²) in [6, 6.07) is 6.13. The van der Waals surface area contributed by atoms with Crippen LogP contribution in [0, 0.1) is 0 Å². The Kier molecular flexibility index (Phi) is 4.72. The second-order valence-corrected chi connectivity index (χ2v) is 5.60. The molecule has 0 saturated heterocycles. The summed E-state index contributed by atoms with van der Waals surface area (Å²) in [5.41, 5.74) is 6.03. The van der Waals surface area contributed by atoms with Crippen LogP contribution in [0.4, 0.5) is 5.69 Å². The molecule has 17 heavy (non-hydrogen) atoms. The van der Waals surface area contributed by atoms with Crippen LogP contribution in [-0.4, -0.2) is 25.9 Å². The number of rotatable bonds is 5. The van der Waals surface area contributed by atoms with Gasteiger partial charge in [0, 0.05) is 0 Å². The Morgan fingerprint density at radius 3 is 2.47 bits per heavy atom. The van der Waals surface area contributed by atoms with Crippen molar-refractivity contribution in [2.45, 2.75) is 4.90 Å². The maximum absolute atomic E-state index is 11.7. The quantitative estimate of drug-likeness (QED) is 0.385. The highest BCUT2D eigenvalue weighted by Crippen LogP contribution is 2.17. The molecule has 0 radical (unpaired) electrons. The van der Waals surface area contributed by atoms with Gasteiger partial charge in [0.1, 0.15) is 5.84 Å². The average molecular weight is 273 g/mol. The van der Waals surface area contributed by atoms with E-state index in [9.17, 15) is 8.42 Å². The van der Waals surface area contributed by atoms with Gasteiger partial charge >= 0.3 is 0 Å². The molecular formula is C11H13ClN2O2S. The summed E-state index contributed by atoms with van der Waals surface area (Å²) in [6.45, 7) is 3.41. The zero-order chi connectivity index (χ0) is 12.9. The molecule has 92 valence electrons. The number of aliphatic imine (C=N–C) groups is 1. The summed E-state index contributed by atoms with van der Waals surface area (Å²) in [6.07, 6.45) is 1.35. The molecule has 0 spiro atoms. The molecule has 0 saturated carbocycles. The highest BCUT2D eigenvalue weighted by molar-refractivity contribution is 7.91. The van der Waals surface area contributed by atoms with Gasteiger partial charge in [-0.25, -0.2) is 13.4 Å². The molecule has 0 heterocycles. The van der Waals surface area contributed by atoms with Crippen LogP contribution in [0.3, 0.4) is 0 Å². The molecule has 0 atom stereocenters. The van der Waals surface area contributed by atoms with Gasteiger partial charge in [0.15, 0.2) is 9.84 Å². The van der Waals surface area contributed by atoms with E-state index in [1.165, 1.54) is 18.2 Å². The molecule has 0 amide bonds. The van der Waals surface area contributed by atoms with E-state index >= 15 is 0 Å². The first-order chi connectivity index (χ1) is 7.99. The van der Waals surface area contributed by atoms with Gasteiger partial charge in [-0.1, -0.05) is 6.08 Å². The van der Waals surface area contributed by atoms with Crippen LogP contribution in [0.2, 0.25) is 0 Å². The van der Waals surface area contributed by atoms with Crippen molar-refractivity contribution < 1.29 is 8.42 Å². The molecule has 1 aromatic rings. The molecule has 1 aromatic carbocycles. The van der Waals surface area contributed by atoms with E-state index in [1.807, 2.05) is 0 Å². The molecular weight excluding hydrogens is 260 g/mol. The minimum atomic E-state index is -3.28. The lowest BCUT2D eigenvalue weighted by atomic mass is 10.3. The number of sulfone groups is 1. The van der Waals surface area contributed by atoms with E-state index in [2.05, 4.69) is 11.6 Å². The molecule has 0 aliphatic carbocycles. The number of nitrogens with two attached hydrogens (primary N) is 1. The molecule has 0 bridgehead atoms. The largest absolute Gasteiger partial charge is 0.386 e. The Balaban J connectivity index is 3.00. The van der Waals surface area contributed by atoms with Crippen molar-refractivity contribution >= 4 is 33.0 Å². The van der Waals surface area contributed by atoms with Crippen LogP contribution < -0.4 is 5.73 Å². The van der Waals surface area contributed by atoms with Crippen LogP contribution >= 0.6 is 11.6 Å². The predicted octanol–water partition coefficient (Wildman–Crippen LogP) is 1.87. The third-order valence-corrected chi connectivity index (χ3v) is 3.88. The van der Waals surface area contributed by atoms with Crippen molar-refractivity contribution in [2.75, 3.05) is 11.6 Å². The van der Waals surface area contributed by atoms with Crippen molar-refractivity contribution in [2.24, 2.45) is 10.7 Å². The number of alkyl halides is 1. The standard InChI is InChI=1S/C11H13ClN2O2S/c1-2-7-17(15,16)10-5-3-9(4-6-10)14-11(13)8-12/h2-6H,1,7-8H2,(H2,13,14). The summed E-state index contributed by atoms with van der Waals surface area (Å²) in [5.74, 6) is 0.337. The lowest BCUT2D eigenvalue weighted by Crippen LogP contribution is -2.12. The first kappa shape index (κ1) is 13.7. The molecule has 0 unspecified atom stereocenters. The fourth-order valence-electron chi connectivity index (χ4n) is 1.18. The van der Waals surface area contributed by atoms with E-state index in [-0.39, 0.29) is 22.4 Å². The normalized spacial score (nSPS) is 12.4.